The third kappa shape index (κ3) is 16.8. The van der Waals surface area contributed by atoms with Crippen molar-refractivity contribution in [3.63, 3.8) is 0 Å². The van der Waals surface area contributed by atoms with Crippen LogP contribution in [0.4, 0.5) is 5.69 Å². The van der Waals surface area contributed by atoms with E-state index in [1.165, 1.54) is 22.6 Å². The lowest BCUT2D eigenvalue weighted by Crippen LogP contribution is -2.36. The number of nitrogens with two attached hydrogens (primary N) is 1. The summed E-state index contributed by atoms with van der Waals surface area (Å²) in [7, 11) is 1.58. The van der Waals surface area contributed by atoms with Gasteiger partial charge in [0.25, 0.3) is 11.8 Å². The summed E-state index contributed by atoms with van der Waals surface area (Å²) in [6, 6.07) is 7.69. The van der Waals surface area contributed by atoms with Gasteiger partial charge in [-0.15, -0.1) is 5.10 Å². The fraction of sp³-hybridized carbons (Fsp3) is 0.619. The molecule has 2 aromatic rings. The van der Waals surface area contributed by atoms with Gasteiger partial charge in [-0.1, -0.05) is 37.6 Å². The van der Waals surface area contributed by atoms with Crippen LogP contribution < -0.4 is 11.1 Å². The number of rotatable bonds is 25. The van der Waals surface area contributed by atoms with Gasteiger partial charge in [-0.2, -0.15) is 0 Å². The SMILES string of the molecule is CCCn1cc(CCC(=O)C2CCC(CN3C(=O)C=CC3=O)CC2)nn1.CCc1ccc(NC(=O)C(CCCCN)CC(=O)COCC(=O)CCCOC)cc1. The smallest absolute Gasteiger partial charge is 0.253 e. The second kappa shape index (κ2) is 25.7. The fourth-order valence-corrected chi connectivity index (χ4v) is 6.81. The van der Waals surface area contributed by atoms with Crippen molar-refractivity contribution in [1.82, 2.24) is 19.9 Å². The first-order chi connectivity index (χ1) is 27.1. The summed E-state index contributed by atoms with van der Waals surface area (Å²) in [6.45, 7) is 6.30. The molecule has 1 saturated carbocycles. The predicted octanol–water partition coefficient (Wildman–Crippen LogP) is 4.83. The molecular weight excluding hydrogens is 716 g/mol. The van der Waals surface area contributed by atoms with Crippen LogP contribution >= 0.6 is 0 Å². The molecule has 1 aliphatic carbocycles. The van der Waals surface area contributed by atoms with Crippen LogP contribution in [0, 0.1) is 17.8 Å². The van der Waals surface area contributed by atoms with E-state index in [2.05, 4.69) is 29.5 Å². The number of carbonyl (C=O) groups is 6. The Morgan fingerprint density at radius 2 is 1.62 bits per heavy atom. The van der Waals surface area contributed by atoms with Crippen LogP contribution in [0.3, 0.4) is 0 Å². The number of benzene rings is 1. The summed E-state index contributed by atoms with van der Waals surface area (Å²) >= 11 is 0. The molecule has 1 aromatic carbocycles. The van der Waals surface area contributed by atoms with Crippen LogP contribution in [-0.4, -0.2) is 95.0 Å². The zero-order chi connectivity index (χ0) is 40.7. The van der Waals surface area contributed by atoms with Crippen molar-refractivity contribution < 1.29 is 38.2 Å². The van der Waals surface area contributed by atoms with Crippen molar-refractivity contribution in [3.8, 4) is 0 Å². The summed E-state index contributed by atoms with van der Waals surface area (Å²) in [5, 5.41) is 11.1. The van der Waals surface area contributed by atoms with E-state index in [1.54, 1.807) is 7.11 Å². The summed E-state index contributed by atoms with van der Waals surface area (Å²) in [5.74, 6) is -0.615. The molecule has 0 bridgehead atoms. The van der Waals surface area contributed by atoms with E-state index >= 15 is 0 Å². The van der Waals surface area contributed by atoms with Crippen LogP contribution in [0.1, 0.15) is 102 Å². The molecule has 0 radical (unpaired) electrons. The number of aromatic nitrogens is 3. The van der Waals surface area contributed by atoms with Crippen LogP contribution in [0.25, 0.3) is 0 Å². The molecule has 1 atom stereocenters. The second-order valence-corrected chi connectivity index (χ2v) is 14.7. The van der Waals surface area contributed by atoms with Gasteiger partial charge in [0, 0.05) is 88.4 Å². The lowest BCUT2D eigenvalue weighted by Gasteiger charge is -2.29. The number of ether oxygens (including phenoxy) is 2. The number of nitrogens with one attached hydrogen (secondary N) is 1. The van der Waals surface area contributed by atoms with Crippen molar-refractivity contribution >= 4 is 40.8 Å². The third-order valence-electron chi connectivity index (χ3n) is 10.1. The Bertz CT molecular complexity index is 1560. The number of hydrogen-bond acceptors (Lipinski definition) is 11. The maximum Gasteiger partial charge on any atom is 0.253 e. The first-order valence-electron chi connectivity index (χ1n) is 20.2. The highest BCUT2D eigenvalue weighted by atomic mass is 16.5. The van der Waals surface area contributed by atoms with Gasteiger partial charge in [-0.3, -0.25) is 38.3 Å². The highest BCUT2D eigenvalue weighted by Gasteiger charge is 2.31. The molecule has 0 spiro atoms. The Morgan fingerprint density at radius 3 is 2.27 bits per heavy atom. The van der Waals surface area contributed by atoms with Gasteiger partial charge >= 0.3 is 0 Å². The van der Waals surface area contributed by atoms with Gasteiger partial charge in [-0.05, 0) is 87.9 Å². The number of ketones is 3. The van der Waals surface area contributed by atoms with Gasteiger partial charge in [0.1, 0.15) is 19.0 Å². The largest absolute Gasteiger partial charge is 0.385 e. The molecule has 4 rings (SSSR count). The van der Waals surface area contributed by atoms with E-state index < -0.39 is 5.92 Å². The van der Waals surface area contributed by atoms with Gasteiger partial charge in [0.2, 0.25) is 5.91 Å². The van der Waals surface area contributed by atoms with E-state index in [0.717, 1.165) is 63.6 Å². The molecule has 1 fully saturated rings. The Morgan fingerprint density at radius 1 is 0.929 bits per heavy atom. The molecule has 2 aliphatic rings. The monoisotopic (exact) mass is 778 g/mol. The normalized spacial score (nSPS) is 17.0. The Balaban J connectivity index is 0.000000303. The molecule has 2 heterocycles. The minimum Gasteiger partial charge on any atom is -0.385 e. The van der Waals surface area contributed by atoms with Crippen molar-refractivity contribution in [2.45, 2.75) is 110 Å². The molecule has 308 valence electrons. The number of Topliss-reactive ketones (excluding diaryl/α,β-unsaturated/α-hetero) is 3. The maximum absolute atomic E-state index is 12.7. The number of aryl methyl sites for hydroxylation is 3. The van der Waals surface area contributed by atoms with E-state index in [9.17, 15) is 28.8 Å². The third-order valence-corrected chi connectivity index (χ3v) is 10.1. The van der Waals surface area contributed by atoms with E-state index in [1.807, 2.05) is 35.1 Å². The Hall–Kier alpha value is -4.40. The van der Waals surface area contributed by atoms with E-state index in [0.29, 0.717) is 69.2 Å². The minimum absolute atomic E-state index is 0.0624. The van der Waals surface area contributed by atoms with Gasteiger partial charge in [0.15, 0.2) is 11.6 Å². The van der Waals surface area contributed by atoms with Crippen molar-refractivity contribution in [2.24, 2.45) is 23.5 Å². The second-order valence-electron chi connectivity index (χ2n) is 14.7. The molecular formula is C42H62N6O8. The number of hydrogen-bond donors (Lipinski definition) is 2. The van der Waals surface area contributed by atoms with Crippen molar-refractivity contribution in [2.75, 3.05) is 45.3 Å². The highest BCUT2D eigenvalue weighted by Crippen LogP contribution is 2.31. The first kappa shape index (κ1) is 46.0. The van der Waals surface area contributed by atoms with E-state index in [-0.39, 0.29) is 54.8 Å². The highest BCUT2D eigenvalue weighted by molar-refractivity contribution is 6.12. The Labute approximate surface area is 331 Å². The molecule has 3 N–H and O–H groups in total. The Kier molecular flexibility index (Phi) is 21.1. The number of unbranched alkanes of at least 4 members (excludes halogenated alkanes) is 1. The molecule has 1 aliphatic heterocycles. The van der Waals surface area contributed by atoms with Crippen molar-refractivity contribution in [3.05, 3.63) is 53.9 Å². The van der Waals surface area contributed by atoms with Crippen LogP contribution in [0.5, 0.6) is 0 Å². The molecule has 14 nitrogen and oxygen atoms in total. The molecule has 1 unspecified atom stereocenters. The van der Waals surface area contributed by atoms with Crippen molar-refractivity contribution in [1.29, 1.82) is 0 Å². The average molecular weight is 779 g/mol. The molecule has 0 saturated heterocycles. The molecule has 3 amide bonds. The molecule has 56 heavy (non-hydrogen) atoms. The summed E-state index contributed by atoms with van der Waals surface area (Å²) < 4.78 is 12.0. The quantitative estimate of drug-likeness (QED) is 0.104. The minimum atomic E-state index is -0.448. The van der Waals surface area contributed by atoms with Gasteiger partial charge in [-0.25, -0.2) is 0 Å². The number of methoxy groups -OCH3 is 1. The maximum atomic E-state index is 12.7. The lowest BCUT2D eigenvalue weighted by atomic mass is 9.79. The van der Waals surface area contributed by atoms with Gasteiger partial charge < -0.3 is 20.5 Å². The van der Waals surface area contributed by atoms with Crippen LogP contribution in [0.2, 0.25) is 0 Å². The molecule has 14 heteroatoms. The van der Waals surface area contributed by atoms with E-state index in [4.69, 9.17) is 15.2 Å². The summed E-state index contributed by atoms with van der Waals surface area (Å²) in [5.41, 5.74) is 8.33. The van der Waals surface area contributed by atoms with Crippen LogP contribution in [0.15, 0.2) is 42.6 Å². The number of nitrogens with zero attached hydrogens (tertiary/aromatic N) is 4. The number of carbonyl (C=O) groups excluding carboxylic acids is 6. The predicted molar refractivity (Wildman–Crippen MR) is 212 cm³/mol. The summed E-state index contributed by atoms with van der Waals surface area (Å²) in [4.78, 5) is 73.8. The number of amides is 3. The van der Waals surface area contributed by atoms with Crippen LogP contribution in [-0.2, 0) is 57.6 Å². The average Bonchev–Trinajstić information content (AvgIpc) is 3.78. The fourth-order valence-electron chi connectivity index (χ4n) is 6.81. The lowest BCUT2D eigenvalue weighted by molar-refractivity contribution is -0.138. The van der Waals surface area contributed by atoms with Gasteiger partial charge in [0.05, 0.1) is 5.69 Å². The zero-order valence-corrected chi connectivity index (χ0v) is 33.5. The molecule has 1 aromatic heterocycles. The topological polar surface area (TPSA) is 193 Å². The summed E-state index contributed by atoms with van der Waals surface area (Å²) in [6.07, 6.45) is 14.4. The number of imide groups is 1. The first-order valence-corrected chi connectivity index (χ1v) is 20.2. The zero-order valence-electron chi connectivity index (χ0n) is 33.5. The standard InChI is InChI=1S/C23H36N2O5.C19H26N4O3/c1-3-18-9-11-20(12-10-18)25-23(28)19(7-4-5-13-24)15-22(27)17-30-16-21(26)8-6-14-29-2;1-2-11-22-13-16(20-21-22)7-8-17(24)15-5-3-14(4-6-15)12-23-18(25)9-10-19(23)26/h9-12,19H,3-8,13-17,24H2,1-2H3,(H,25,28);9-10,13-15H,2-8,11-12H2,1H3. The number of anilines is 1.